The smallest absolute Gasteiger partial charge is 0.324 e. The van der Waals surface area contributed by atoms with E-state index in [0.29, 0.717) is 37.5 Å². The number of urea groups is 1. The van der Waals surface area contributed by atoms with Crippen LogP contribution in [0.5, 0.6) is 0 Å². The molecule has 26 heavy (non-hydrogen) atoms. The minimum atomic E-state index is -0.102. The fraction of sp³-hybridized carbons (Fsp3) is 0.526. The Hall–Kier alpha value is -2.41. The molecular weight excluding hydrogens is 330 g/mol. The van der Waals surface area contributed by atoms with E-state index in [1.807, 2.05) is 24.8 Å². The molecule has 0 saturated carbocycles. The van der Waals surface area contributed by atoms with Crippen LogP contribution < -0.4 is 5.32 Å². The maximum Gasteiger partial charge on any atom is 0.324 e. The molecule has 2 saturated heterocycles. The predicted octanol–water partition coefficient (Wildman–Crippen LogP) is 2.90. The lowest BCUT2D eigenvalue weighted by Crippen LogP contribution is -2.44. The Bertz CT molecular complexity index is 760. The molecule has 2 aliphatic heterocycles. The lowest BCUT2D eigenvalue weighted by Gasteiger charge is -2.32. The molecule has 4 rings (SSSR count). The fourth-order valence-corrected chi connectivity index (χ4v) is 4.17. The van der Waals surface area contributed by atoms with Crippen molar-refractivity contribution in [2.24, 2.45) is 5.92 Å². The molecule has 7 heteroatoms. The summed E-state index contributed by atoms with van der Waals surface area (Å²) in [5.74, 6) is 1.13. The van der Waals surface area contributed by atoms with Crippen LogP contribution in [0.2, 0.25) is 0 Å². The molecule has 1 aromatic heterocycles. The second-order valence-electron chi connectivity index (χ2n) is 7.32. The summed E-state index contributed by atoms with van der Waals surface area (Å²) in [5, 5.41) is 7.15. The van der Waals surface area contributed by atoms with E-state index in [1.165, 1.54) is 11.9 Å². The average Bonchev–Trinajstić information content (AvgIpc) is 3.27. The number of carbonyl (C=O) groups is 1. The third-order valence-corrected chi connectivity index (χ3v) is 5.44. The van der Waals surface area contributed by atoms with Crippen molar-refractivity contribution in [3.8, 4) is 0 Å². The highest BCUT2D eigenvalue weighted by Gasteiger charge is 2.46. The first-order valence-electron chi connectivity index (χ1n) is 9.25. The van der Waals surface area contributed by atoms with Crippen LogP contribution in [-0.4, -0.2) is 51.5 Å². The van der Waals surface area contributed by atoms with Gasteiger partial charge in [0, 0.05) is 31.0 Å². The van der Waals surface area contributed by atoms with Crippen molar-refractivity contribution in [1.82, 2.24) is 19.7 Å². The number of nitrogens with zero attached hydrogens (tertiary/aromatic N) is 4. The van der Waals surface area contributed by atoms with Gasteiger partial charge in [0.15, 0.2) is 0 Å². The van der Waals surface area contributed by atoms with Gasteiger partial charge in [-0.3, -0.25) is 5.32 Å². The van der Waals surface area contributed by atoms with Crippen LogP contribution in [0, 0.1) is 5.92 Å². The topological polar surface area (TPSA) is 72.3 Å². The van der Waals surface area contributed by atoms with Gasteiger partial charge in [0.1, 0.15) is 6.33 Å². The lowest BCUT2D eigenvalue weighted by molar-refractivity contribution is 0.0272. The Morgan fingerprint density at radius 3 is 2.88 bits per heavy atom. The molecule has 0 aliphatic carbocycles. The second-order valence-corrected chi connectivity index (χ2v) is 7.32. The van der Waals surface area contributed by atoms with Gasteiger partial charge in [0.25, 0.3) is 0 Å². The molecule has 0 spiro atoms. The van der Waals surface area contributed by atoms with Crippen molar-refractivity contribution in [2.75, 3.05) is 25.1 Å². The number of hydrogen-bond donors (Lipinski definition) is 1. The molecule has 2 aliphatic rings. The van der Waals surface area contributed by atoms with Gasteiger partial charge in [-0.1, -0.05) is 30.3 Å². The summed E-state index contributed by atoms with van der Waals surface area (Å²) in [6, 6.07) is 10.7. The predicted molar refractivity (Wildman–Crippen MR) is 98.0 cm³/mol. The number of ether oxygens (including phenoxy) is 1. The fourth-order valence-electron chi connectivity index (χ4n) is 4.17. The van der Waals surface area contributed by atoms with Crippen LogP contribution in [0.25, 0.3) is 0 Å². The number of fused-ring (bicyclic) bond motifs is 1. The number of aromatic nitrogens is 3. The van der Waals surface area contributed by atoms with E-state index in [-0.39, 0.29) is 18.1 Å². The quantitative estimate of drug-likeness (QED) is 0.919. The standard InChI is InChI=1S/C19H25N5O2/c1-13(2)24-18(20-12-21-24)22-19(25)23-10-15(14-6-4-3-5-7-14)16-11-26-9-8-17(16)23/h3-7,12-13,15-17H,8-11H2,1-2H3,(H,20,21,22,25). The van der Waals surface area contributed by atoms with Gasteiger partial charge >= 0.3 is 6.03 Å². The molecule has 7 nitrogen and oxygen atoms in total. The number of hydrogen-bond acceptors (Lipinski definition) is 4. The van der Waals surface area contributed by atoms with Crippen LogP contribution >= 0.6 is 0 Å². The number of amides is 2. The number of carbonyl (C=O) groups excluding carboxylic acids is 1. The summed E-state index contributed by atoms with van der Waals surface area (Å²) in [7, 11) is 0. The summed E-state index contributed by atoms with van der Waals surface area (Å²) < 4.78 is 7.46. The van der Waals surface area contributed by atoms with Crippen molar-refractivity contribution >= 4 is 12.0 Å². The van der Waals surface area contributed by atoms with E-state index in [0.717, 1.165) is 6.42 Å². The van der Waals surface area contributed by atoms with Crippen molar-refractivity contribution in [3.63, 3.8) is 0 Å². The number of benzene rings is 1. The first-order valence-corrected chi connectivity index (χ1v) is 9.25. The molecule has 3 heterocycles. The summed E-state index contributed by atoms with van der Waals surface area (Å²) in [6.45, 7) is 6.13. The van der Waals surface area contributed by atoms with Crippen molar-refractivity contribution < 1.29 is 9.53 Å². The summed E-state index contributed by atoms with van der Waals surface area (Å²) in [5.41, 5.74) is 1.27. The lowest BCUT2D eigenvalue weighted by atomic mass is 9.84. The van der Waals surface area contributed by atoms with Gasteiger partial charge in [-0.2, -0.15) is 10.1 Å². The van der Waals surface area contributed by atoms with E-state index in [4.69, 9.17) is 4.74 Å². The Labute approximate surface area is 153 Å². The van der Waals surface area contributed by atoms with E-state index < -0.39 is 0 Å². The Kier molecular flexibility index (Phi) is 4.63. The molecule has 0 bridgehead atoms. The number of likely N-dealkylation sites (tertiary alicyclic amines) is 1. The van der Waals surface area contributed by atoms with E-state index in [9.17, 15) is 4.79 Å². The zero-order chi connectivity index (χ0) is 18.1. The zero-order valence-electron chi connectivity index (χ0n) is 15.2. The molecule has 1 aromatic carbocycles. The summed E-state index contributed by atoms with van der Waals surface area (Å²) in [6.07, 6.45) is 2.35. The van der Waals surface area contributed by atoms with Gasteiger partial charge in [-0.05, 0) is 25.8 Å². The van der Waals surface area contributed by atoms with Gasteiger partial charge in [-0.25, -0.2) is 9.48 Å². The van der Waals surface area contributed by atoms with Crippen molar-refractivity contribution in [3.05, 3.63) is 42.2 Å². The molecule has 2 aromatic rings. The molecule has 1 N–H and O–H groups in total. The number of rotatable bonds is 3. The summed E-state index contributed by atoms with van der Waals surface area (Å²) in [4.78, 5) is 19.2. The molecule has 3 atom stereocenters. The van der Waals surface area contributed by atoms with E-state index in [1.54, 1.807) is 4.68 Å². The Morgan fingerprint density at radius 1 is 1.31 bits per heavy atom. The van der Waals surface area contributed by atoms with Crippen LogP contribution in [-0.2, 0) is 4.74 Å². The third-order valence-electron chi connectivity index (χ3n) is 5.44. The molecule has 138 valence electrons. The Balaban J connectivity index is 1.55. The minimum absolute atomic E-state index is 0.102. The maximum absolute atomic E-state index is 13.0. The Morgan fingerprint density at radius 2 is 2.12 bits per heavy atom. The van der Waals surface area contributed by atoms with Crippen LogP contribution in [0.1, 0.15) is 37.8 Å². The third kappa shape index (κ3) is 3.07. The summed E-state index contributed by atoms with van der Waals surface area (Å²) >= 11 is 0. The number of anilines is 1. The largest absolute Gasteiger partial charge is 0.381 e. The highest BCUT2D eigenvalue weighted by molar-refractivity contribution is 5.88. The highest BCUT2D eigenvalue weighted by atomic mass is 16.5. The van der Waals surface area contributed by atoms with Crippen LogP contribution in [0.3, 0.4) is 0 Å². The minimum Gasteiger partial charge on any atom is -0.381 e. The molecule has 0 radical (unpaired) electrons. The average molecular weight is 355 g/mol. The first-order chi connectivity index (χ1) is 12.6. The highest BCUT2D eigenvalue weighted by Crippen LogP contribution is 2.41. The van der Waals surface area contributed by atoms with Crippen LogP contribution in [0.15, 0.2) is 36.7 Å². The van der Waals surface area contributed by atoms with Gasteiger partial charge in [-0.15, -0.1) is 0 Å². The van der Waals surface area contributed by atoms with Crippen molar-refractivity contribution in [2.45, 2.75) is 38.3 Å². The van der Waals surface area contributed by atoms with Gasteiger partial charge < -0.3 is 9.64 Å². The van der Waals surface area contributed by atoms with E-state index >= 15 is 0 Å². The molecule has 2 amide bonds. The normalized spacial score (nSPS) is 25.3. The molecule has 3 unspecified atom stereocenters. The van der Waals surface area contributed by atoms with Gasteiger partial charge in [0.2, 0.25) is 5.95 Å². The van der Waals surface area contributed by atoms with Gasteiger partial charge in [0.05, 0.1) is 12.6 Å². The molecular formula is C19H25N5O2. The van der Waals surface area contributed by atoms with Crippen molar-refractivity contribution in [1.29, 1.82) is 0 Å². The monoisotopic (exact) mass is 355 g/mol. The maximum atomic E-state index is 13.0. The molecule has 2 fully saturated rings. The zero-order valence-corrected chi connectivity index (χ0v) is 15.2. The first kappa shape index (κ1) is 17.0. The SMILES string of the molecule is CC(C)n1ncnc1NC(=O)N1CC(c2ccccc2)C2COCCC21. The second kappa shape index (κ2) is 7.07. The number of nitrogens with one attached hydrogen (secondary N) is 1. The van der Waals surface area contributed by atoms with Crippen LogP contribution in [0.4, 0.5) is 10.7 Å². The van der Waals surface area contributed by atoms with E-state index in [2.05, 4.69) is 39.7 Å².